The van der Waals surface area contributed by atoms with E-state index in [-0.39, 0.29) is 18.7 Å². The van der Waals surface area contributed by atoms with Crippen LogP contribution >= 0.6 is 23.2 Å². The number of amides is 1. The second-order valence-electron chi connectivity index (χ2n) is 5.36. The minimum absolute atomic E-state index is 0.0808. The maximum Gasteiger partial charge on any atom is 0.341 e. The number of hydrogen-bond donors (Lipinski definition) is 3. The molecular weight excluding hydrogens is 379 g/mol. The molecule has 6 nitrogen and oxygen atoms in total. The monoisotopic (exact) mass is 396 g/mol. The molecule has 0 saturated heterocycles. The van der Waals surface area contributed by atoms with Gasteiger partial charge in [-0.15, -0.1) is 0 Å². The molecule has 138 valence electrons. The second kappa shape index (κ2) is 9.43. The molecule has 0 saturated carbocycles. The van der Waals surface area contributed by atoms with Crippen LogP contribution in [0.5, 0.6) is 0 Å². The van der Waals surface area contributed by atoms with E-state index >= 15 is 0 Å². The summed E-state index contributed by atoms with van der Waals surface area (Å²) in [6, 6.07) is 11.3. The van der Waals surface area contributed by atoms with Gasteiger partial charge in [0, 0.05) is 17.3 Å². The molecule has 2 aromatic carbocycles. The molecule has 0 aliphatic heterocycles. The molecule has 1 amide bonds. The number of benzene rings is 2. The van der Waals surface area contributed by atoms with Gasteiger partial charge in [0.2, 0.25) is 0 Å². The van der Waals surface area contributed by atoms with Gasteiger partial charge in [-0.2, -0.15) is 0 Å². The van der Waals surface area contributed by atoms with Crippen molar-refractivity contribution in [1.82, 2.24) is 0 Å². The Labute approximate surface area is 161 Å². The zero-order chi connectivity index (χ0) is 19.1. The van der Waals surface area contributed by atoms with Crippen molar-refractivity contribution in [2.75, 3.05) is 23.8 Å². The molecule has 26 heavy (non-hydrogen) atoms. The van der Waals surface area contributed by atoms with E-state index in [0.29, 0.717) is 21.4 Å². The Morgan fingerprint density at radius 1 is 1.15 bits per heavy atom. The summed E-state index contributed by atoms with van der Waals surface area (Å²) in [5.41, 5.74) is 1.11. The molecule has 0 radical (unpaired) electrons. The second-order valence-corrected chi connectivity index (χ2v) is 6.20. The van der Waals surface area contributed by atoms with E-state index in [1.54, 1.807) is 36.4 Å². The van der Waals surface area contributed by atoms with E-state index in [4.69, 9.17) is 33.0 Å². The summed E-state index contributed by atoms with van der Waals surface area (Å²) in [6.45, 7) is 1.66. The van der Waals surface area contributed by atoms with Gasteiger partial charge in [-0.05, 0) is 37.3 Å². The molecule has 8 heteroatoms. The molecule has 2 rings (SSSR count). The predicted octanol–water partition coefficient (Wildman–Crippen LogP) is 3.58. The lowest BCUT2D eigenvalue weighted by molar-refractivity contribution is -0.123. The Morgan fingerprint density at radius 3 is 2.62 bits per heavy atom. The van der Waals surface area contributed by atoms with E-state index in [1.807, 2.05) is 0 Å². The summed E-state index contributed by atoms with van der Waals surface area (Å²) in [5, 5.41) is 15.1. The lowest BCUT2D eigenvalue weighted by Gasteiger charge is -2.16. The SMILES string of the molecule is C[C@@H](OC(=O)c1ccccc1NCCO)C(=O)Nc1cc(Cl)ccc1Cl. The Balaban J connectivity index is 2.04. The summed E-state index contributed by atoms with van der Waals surface area (Å²) in [4.78, 5) is 24.6. The van der Waals surface area contributed by atoms with Gasteiger partial charge in [0.15, 0.2) is 6.10 Å². The summed E-state index contributed by atoms with van der Waals surface area (Å²) >= 11 is 11.9. The lowest BCUT2D eigenvalue weighted by Crippen LogP contribution is -2.30. The Morgan fingerprint density at radius 2 is 1.88 bits per heavy atom. The third-order valence-electron chi connectivity index (χ3n) is 3.41. The number of carbonyl (C=O) groups excluding carboxylic acids is 2. The topological polar surface area (TPSA) is 87.7 Å². The maximum absolute atomic E-state index is 12.4. The van der Waals surface area contributed by atoms with E-state index in [0.717, 1.165) is 0 Å². The molecule has 0 aromatic heterocycles. The number of carbonyl (C=O) groups is 2. The van der Waals surface area contributed by atoms with Crippen LogP contribution in [0.15, 0.2) is 42.5 Å². The van der Waals surface area contributed by atoms with Crippen LogP contribution in [0.25, 0.3) is 0 Å². The average molecular weight is 397 g/mol. The molecule has 3 N–H and O–H groups in total. The van der Waals surface area contributed by atoms with Crippen molar-refractivity contribution in [3.63, 3.8) is 0 Å². The van der Waals surface area contributed by atoms with Gasteiger partial charge >= 0.3 is 5.97 Å². The van der Waals surface area contributed by atoms with Crippen molar-refractivity contribution < 1.29 is 19.4 Å². The van der Waals surface area contributed by atoms with Crippen molar-refractivity contribution in [2.24, 2.45) is 0 Å². The third kappa shape index (κ3) is 5.36. The number of para-hydroxylation sites is 1. The van der Waals surface area contributed by atoms with Crippen molar-refractivity contribution >= 4 is 46.5 Å². The molecule has 0 aliphatic carbocycles. The number of halogens is 2. The van der Waals surface area contributed by atoms with Gasteiger partial charge < -0.3 is 20.5 Å². The van der Waals surface area contributed by atoms with Crippen molar-refractivity contribution in [2.45, 2.75) is 13.0 Å². The van der Waals surface area contributed by atoms with Crippen LogP contribution in [0.2, 0.25) is 10.0 Å². The molecule has 0 fully saturated rings. The summed E-state index contributed by atoms with van der Waals surface area (Å²) in [5.74, 6) is -1.20. The Bertz CT molecular complexity index is 799. The third-order valence-corrected chi connectivity index (χ3v) is 3.98. The number of rotatable bonds is 7. The number of aliphatic hydroxyl groups is 1. The van der Waals surface area contributed by atoms with E-state index in [1.165, 1.54) is 13.0 Å². The maximum atomic E-state index is 12.4. The van der Waals surface area contributed by atoms with Crippen LogP contribution in [0.4, 0.5) is 11.4 Å². The molecule has 0 aliphatic rings. The van der Waals surface area contributed by atoms with Gasteiger partial charge in [-0.1, -0.05) is 35.3 Å². The predicted molar refractivity (Wildman–Crippen MR) is 102 cm³/mol. The normalized spacial score (nSPS) is 11.5. The average Bonchev–Trinajstić information content (AvgIpc) is 2.63. The molecule has 0 spiro atoms. The van der Waals surface area contributed by atoms with Crippen LogP contribution in [-0.2, 0) is 9.53 Å². The van der Waals surface area contributed by atoms with Crippen molar-refractivity contribution in [3.8, 4) is 0 Å². The van der Waals surface area contributed by atoms with Gasteiger partial charge in [-0.25, -0.2) is 4.79 Å². The number of hydrogen-bond acceptors (Lipinski definition) is 5. The van der Waals surface area contributed by atoms with Crippen LogP contribution < -0.4 is 10.6 Å². The largest absolute Gasteiger partial charge is 0.449 e. The first-order chi connectivity index (χ1) is 12.4. The van der Waals surface area contributed by atoms with Crippen molar-refractivity contribution in [1.29, 1.82) is 0 Å². The van der Waals surface area contributed by atoms with Crippen molar-refractivity contribution in [3.05, 3.63) is 58.1 Å². The lowest BCUT2D eigenvalue weighted by atomic mass is 10.1. The fourth-order valence-corrected chi connectivity index (χ4v) is 2.45. The number of aliphatic hydroxyl groups excluding tert-OH is 1. The van der Waals surface area contributed by atoms with E-state index in [9.17, 15) is 9.59 Å². The highest BCUT2D eigenvalue weighted by atomic mass is 35.5. The first-order valence-corrected chi connectivity index (χ1v) is 8.58. The zero-order valence-corrected chi connectivity index (χ0v) is 15.5. The number of anilines is 2. The number of esters is 1. The first kappa shape index (κ1) is 20.0. The standard InChI is InChI=1S/C18H18Cl2N2O4/c1-11(17(24)22-16-10-12(19)6-7-14(16)20)26-18(25)13-4-2-3-5-15(13)21-8-9-23/h2-7,10-11,21,23H,8-9H2,1H3,(H,22,24)/t11-/m1/s1. The zero-order valence-electron chi connectivity index (χ0n) is 14.0. The van der Waals surface area contributed by atoms with Crippen LogP contribution in [0.3, 0.4) is 0 Å². The van der Waals surface area contributed by atoms with Gasteiger partial charge in [0.1, 0.15) is 0 Å². The highest BCUT2D eigenvalue weighted by Crippen LogP contribution is 2.25. The quantitative estimate of drug-likeness (QED) is 0.622. The summed E-state index contributed by atoms with van der Waals surface area (Å²) in [6.07, 6.45) is -1.05. The number of nitrogens with one attached hydrogen (secondary N) is 2. The highest BCUT2D eigenvalue weighted by Gasteiger charge is 2.21. The van der Waals surface area contributed by atoms with E-state index in [2.05, 4.69) is 10.6 Å². The first-order valence-electron chi connectivity index (χ1n) is 7.83. The smallest absolute Gasteiger partial charge is 0.341 e. The molecule has 1 atom stereocenters. The molecule has 2 aromatic rings. The number of ether oxygens (including phenoxy) is 1. The molecule has 0 bridgehead atoms. The van der Waals surface area contributed by atoms with Gasteiger partial charge in [0.05, 0.1) is 22.9 Å². The van der Waals surface area contributed by atoms with E-state index < -0.39 is 18.0 Å². The van der Waals surface area contributed by atoms with Crippen LogP contribution in [0, 0.1) is 0 Å². The Kier molecular flexibility index (Phi) is 7.26. The Hall–Kier alpha value is -2.28. The molecular formula is C18H18Cl2N2O4. The summed E-state index contributed by atoms with van der Waals surface area (Å²) in [7, 11) is 0. The molecule has 0 unspecified atom stereocenters. The molecule has 0 heterocycles. The minimum Gasteiger partial charge on any atom is -0.449 e. The minimum atomic E-state index is -1.05. The van der Waals surface area contributed by atoms with Gasteiger partial charge in [0.25, 0.3) is 5.91 Å². The van der Waals surface area contributed by atoms with Crippen LogP contribution in [-0.4, -0.2) is 36.2 Å². The fraction of sp³-hybridized carbons (Fsp3) is 0.222. The fourth-order valence-electron chi connectivity index (χ4n) is 2.11. The highest BCUT2D eigenvalue weighted by molar-refractivity contribution is 6.35. The summed E-state index contributed by atoms with van der Waals surface area (Å²) < 4.78 is 5.23. The van der Waals surface area contributed by atoms with Crippen LogP contribution in [0.1, 0.15) is 17.3 Å². The van der Waals surface area contributed by atoms with Gasteiger partial charge in [-0.3, -0.25) is 4.79 Å².